The van der Waals surface area contributed by atoms with Gasteiger partial charge in [-0.25, -0.2) is 0 Å². The maximum absolute atomic E-state index is 11.1. The molecule has 0 unspecified atom stereocenters. The minimum absolute atomic E-state index is 0.624. The summed E-state index contributed by atoms with van der Waals surface area (Å²) in [7, 11) is 0. The molecule has 2 aromatic rings. The van der Waals surface area contributed by atoms with Crippen molar-refractivity contribution < 1.29 is 4.85 Å². The van der Waals surface area contributed by atoms with Crippen molar-refractivity contribution in [1.82, 2.24) is 9.90 Å². The van der Waals surface area contributed by atoms with E-state index in [1.165, 1.54) is 0 Å². The third-order valence-electron chi connectivity index (χ3n) is 1.85. The van der Waals surface area contributed by atoms with Crippen molar-refractivity contribution in [2.45, 2.75) is 13.5 Å². The molecule has 0 aliphatic heterocycles. The lowest BCUT2D eigenvalue weighted by Crippen LogP contribution is -2.29. The van der Waals surface area contributed by atoms with E-state index in [0.29, 0.717) is 10.4 Å². The molecule has 0 fully saturated rings. The van der Waals surface area contributed by atoms with Crippen LogP contribution < -0.4 is 4.85 Å². The van der Waals surface area contributed by atoms with Crippen molar-refractivity contribution in [3.63, 3.8) is 0 Å². The lowest BCUT2D eigenvalue weighted by Gasteiger charge is -1.89. The molecule has 0 atom stereocenters. The van der Waals surface area contributed by atoms with Crippen molar-refractivity contribution in [2.75, 3.05) is 0 Å². The molecule has 1 aromatic carbocycles. The Morgan fingerprint density at radius 2 is 2.25 bits per heavy atom. The first-order chi connectivity index (χ1) is 5.83. The van der Waals surface area contributed by atoms with Crippen LogP contribution in [0.5, 0.6) is 0 Å². The van der Waals surface area contributed by atoms with Crippen molar-refractivity contribution in [3.05, 3.63) is 29.5 Å². The number of rotatable bonds is 1. The van der Waals surface area contributed by atoms with Crippen LogP contribution in [-0.4, -0.2) is 9.90 Å². The first-order valence-corrected chi connectivity index (χ1v) is 3.88. The third-order valence-corrected chi connectivity index (χ3v) is 1.85. The normalized spacial score (nSPS) is 10.8. The number of fused-ring (bicyclic) bond motifs is 1. The summed E-state index contributed by atoms with van der Waals surface area (Å²) in [5.74, 6) is 0. The Balaban J connectivity index is 2.82. The van der Waals surface area contributed by atoms with E-state index in [2.05, 4.69) is 5.21 Å². The second-order valence-corrected chi connectivity index (χ2v) is 2.57. The maximum Gasteiger partial charge on any atom is 0.202 e. The van der Waals surface area contributed by atoms with Gasteiger partial charge in [-0.1, -0.05) is 12.1 Å². The summed E-state index contributed by atoms with van der Waals surface area (Å²) in [6, 6.07) is 7.39. The Labute approximate surface area is 69.6 Å². The molecule has 1 heterocycles. The van der Waals surface area contributed by atoms with Crippen molar-refractivity contribution in [1.29, 1.82) is 0 Å². The summed E-state index contributed by atoms with van der Waals surface area (Å²) >= 11 is 0. The zero-order valence-electron chi connectivity index (χ0n) is 6.77. The van der Waals surface area contributed by atoms with E-state index < -0.39 is 0 Å². The largest absolute Gasteiger partial charge is 0.691 e. The Kier molecular flexibility index (Phi) is 1.46. The highest BCUT2D eigenvalue weighted by molar-refractivity contribution is 5.70. The molecular formula is C8H9N3O. The Morgan fingerprint density at radius 3 is 3.00 bits per heavy atom. The fourth-order valence-electron chi connectivity index (χ4n) is 1.27. The summed E-state index contributed by atoms with van der Waals surface area (Å²) in [6.45, 7) is 2.68. The molecule has 0 radical (unpaired) electrons. The summed E-state index contributed by atoms with van der Waals surface area (Å²) in [6.07, 6.45) is 0. The molecule has 4 heteroatoms. The van der Waals surface area contributed by atoms with Crippen LogP contribution in [0.1, 0.15) is 6.92 Å². The number of benzene rings is 1. The highest BCUT2D eigenvalue weighted by Crippen LogP contribution is 2.07. The molecular weight excluding hydrogens is 154 g/mol. The van der Waals surface area contributed by atoms with Gasteiger partial charge in [0.15, 0.2) is 5.52 Å². The molecule has 0 aliphatic rings. The van der Waals surface area contributed by atoms with Crippen LogP contribution >= 0.6 is 0 Å². The SMILES string of the molecule is CCn1n[n+]([O-])c2ccccc21. The van der Waals surface area contributed by atoms with Gasteiger partial charge < -0.3 is 5.21 Å². The second kappa shape index (κ2) is 2.48. The topological polar surface area (TPSA) is 44.8 Å². The molecule has 12 heavy (non-hydrogen) atoms. The Hall–Kier alpha value is -1.58. The van der Waals surface area contributed by atoms with E-state index in [9.17, 15) is 5.21 Å². The lowest BCUT2D eigenvalue weighted by molar-refractivity contribution is -0.646. The number of aromatic nitrogens is 3. The van der Waals surface area contributed by atoms with Gasteiger partial charge in [-0.2, -0.15) is 0 Å². The van der Waals surface area contributed by atoms with Gasteiger partial charge in [0.05, 0.1) is 5.21 Å². The predicted octanol–water partition coefficient (Wildman–Crippen LogP) is 0.690. The summed E-state index contributed by atoms with van der Waals surface area (Å²) < 4.78 is 1.68. The average Bonchev–Trinajstić information content (AvgIpc) is 2.44. The van der Waals surface area contributed by atoms with E-state index in [-0.39, 0.29) is 0 Å². The number of nitrogens with zero attached hydrogens (tertiary/aromatic N) is 3. The quantitative estimate of drug-likeness (QED) is 0.458. The highest BCUT2D eigenvalue weighted by atomic mass is 16.5. The van der Waals surface area contributed by atoms with E-state index in [4.69, 9.17) is 0 Å². The van der Waals surface area contributed by atoms with Crippen molar-refractivity contribution >= 4 is 11.0 Å². The molecule has 1 aromatic heterocycles. The number of para-hydroxylation sites is 2. The van der Waals surface area contributed by atoms with Crippen LogP contribution in [0.2, 0.25) is 0 Å². The van der Waals surface area contributed by atoms with Gasteiger partial charge in [-0.3, -0.25) is 0 Å². The maximum atomic E-state index is 11.1. The number of hydrogen-bond donors (Lipinski definition) is 0. The van der Waals surface area contributed by atoms with E-state index in [0.717, 1.165) is 12.1 Å². The van der Waals surface area contributed by atoms with Gasteiger partial charge in [0.25, 0.3) is 0 Å². The van der Waals surface area contributed by atoms with Gasteiger partial charge in [0.1, 0.15) is 6.54 Å². The molecule has 62 valence electrons. The van der Waals surface area contributed by atoms with Gasteiger partial charge in [-0.05, 0) is 19.1 Å². The molecule has 0 N–H and O–H groups in total. The molecule has 0 bridgehead atoms. The average molecular weight is 163 g/mol. The van der Waals surface area contributed by atoms with E-state index >= 15 is 0 Å². The molecule has 2 rings (SSSR count). The molecule has 0 saturated carbocycles. The van der Waals surface area contributed by atoms with E-state index in [1.54, 1.807) is 10.7 Å². The molecule has 4 nitrogen and oxygen atoms in total. The van der Waals surface area contributed by atoms with Crippen molar-refractivity contribution in [2.24, 2.45) is 0 Å². The molecule has 0 aliphatic carbocycles. The van der Waals surface area contributed by atoms with Crippen molar-refractivity contribution in [3.8, 4) is 0 Å². The minimum atomic E-state index is 0.624. The summed E-state index contributed by atoms with van der Waals surface area (Å²) in [5.41, 5.74) is 1.51. The van der Waals surface area contributed by atoms with Crippen LogP contribution in [-0.2, 0) is 6.54 Å². The number of aryl methyl sites for hydroxylation is 1. The first kappa shape index (κ1) is 7.09. The second-order valence-electron chi connectivity index (χ2n) is 2.57. The van der Waals surface area contributed by atoms with Gasteiger partial charge in [-0.15, -0.1) is 9.53 Å². The monoisotopic (exact) mass is 163 g/mol. The summed E-state index contributed by atoms with van der Waals surface area (Å²) in [4.78, 5) is 0.652. The van der Waals surface area contributed by atoms with Crippen LogP contribution in [0.3, 0.4) is 0 Å². The van der Waals surface area contributed by atoms with Crippen LogP contribution in [0, 0.1) is 5.21 Å². The van der Waals surface area contributed by atoms with Gasteiger partial charge >= 0.3 is 0 Å². The Morgan fingerprint density at radius 1 is 1.50 bits per heavy atom. The van der Waals surface area contributed by atoms with Crippen LogP contribution in [0.15, 0.2) is 24.3 Å². The summed E-state index contributed by atoms with van der Waals surface area (Å²) in [5, 5.41) is 14.9. The predicted molar refractivity (Wildman–Crippen MR) is 44.4 cm³/mol. The standard InChI is InChI=1S/C8H9N3O/c1-2-10-7-5-3-4-6-8(7)11(12)9-10/h3-6H,2H2,1H3. The number of hydrogen-bond acceptors (Lipinski definition) is 2. The smallest absolute Gasteiger partial charge is 0.202 e. The molecule has 0 spiro atoms. The first-order valence-electron chi connectivity index (χ1n) is 3.88. The van der Waals surface area contributed by atoms with Gasteiger partial charge in [0, 0.05) is 0 Å². The van der Waals surface area contributed by atoms with Crippen LogP contribution in [0.4, 0.5) is 0 Å². The molecule has 0 amide bonds. The fourth-order valence-corrected chi connectivity index (χ4v) is 1.27. The minimum Gasteiger partial charge on any atom is -0.691 e. The lowest BCUT2D eigenvalue weighted by atomic mass is 10.3. The third kappa shape index (κ3) is 0.845. The fraction of sp³-hybridized carbons (Fsp3) is 0.250. The highest BCUT2D eigenvalue weighted by Gasteiger charge is 2.10. The van der Waals surface area contributed by atoms with E-state index in [1.807, 2.05) is 25.1 Å². The Bertz CT molecular complexity index is 408. The molecule has 0 saturated heterocycles. The zero-order valence-corrected chi connectivity index (χ0v) is 6.77. The van der Waals surface area contributed by atoms with Crippen LogP contribution in [0.25, 0.3) is 11.0 Å². The van der Waals surface area contributed by atoms with Gasteiger partial charge in [0.2, 0.25) is 5.52 Å². The zero-order chi connectivity index (χ0) is 8.55.